The number of halogens is 1. The number of hydrogen-bond donors (Lipinski definition) is 0. The smallest absolute Gasteiger partial charge is 0.183 e. The monoisotopic (exact) mass is 356 g/mol. The third kappa shape index (κ3) is 3.32. The summed E-state index contributed by atoms with van der Waals surface area (Å²) in [6, 6.07) is 9.89. The molecule has 4 nitrogen and oxygen atoms in total. The number of thiophene rings is 1. The van der Waals surface area contributed by atoms with Crippen LogP contribution in [-0.2, 0) is 15.6 Å². The van der Waals surface area contributed by atoms with Crippen LogP contribution in [0, 0.1) is 0 Å². The highest BCUT2D eigenvalue weighted by atomic mass is 35.5. The summed E-state index contributed by atoms with van der Waals surface area (Å²) in [6.07, 6.45) is 0. The molecule has 0 aliphatic heterocycles. The van der Waals surface area contributed by atoms with E-state index in [0.717, 1.165) is 15.4 Å². The van der Waals surface area contributed by atoms with E-state index in [1.54, 1.807) is 12.1 Å². The number of nitrogens with zero attached hydrogens (tertiary/aromatic N) is 2. The van der Waals surface area contributed by atoms with Crippen molar-refractivity contribution in [3.8, 4) is 10.6 Å². The number of aromatic nitrogens is 2. The molecular weight excluding hydrogens is 348 g/mol. The molecular formula is C13H9ClN2O2S3. The van der Waals surface area contributed by atoms with Crippen molar-refractivity contribution >= 4 is 44.3 Å². The molecule has 0 aliphatic carbocycles. The van der Waals surface area contributed by atoms with E-state index < -0.39 is 9.84 Å². The molecule has 108 valence electrons. The molecule has 0 radical (unpaired) electrons. The first-order valence-electron chi connectivity index (χ1n) is 5.89. The average Bonchev–Trinajstić information content (AvgIpc) is 3.09. The molecule has 2 heterocycles. The summed E-state index contributed by atoms with van der Waals surface area (Å²) in [7, 11) is -3.37. The summed E-state index contributed by atoms with van der Waals surface area (Å²) in [5.41, 5.74) is 0.778. The molecule has 3 aromatic rings. The van der Waals surface area contributed by atoms with Crippen molar-refractivity contribution in [3.05, 3.63) is 51.7 Å². The van der Waals surface area contributed by atoms with Crippen LogP contribution >= 0.6 is 34.5 Å². The Morgan fingerprint density at radius 1 is 1.10 bits per heavy atom. The molecule has 1 aromatic carbocycles. The van der Waals surface area contributed by atoms with E-state index in [0.29, 0.717) is 5.02 Å². The van der Waals surface area contributed by atoms with Gasteiger partial charge in [-0.25, -0.2) is 8.42 Å². The minimum Gasteiger partial charge on any atom is -0.223 e. The standard InChI is InChI=1S/C13H9ClN2O2S3/c14-9-1-4-11(5-2-9)21(17,18)8-10-3-6-13(20-10)12-7-19-16-15-12/h1-7H,8H2. The minimum atomic E-state index is -3.37. The zero-order valence-electron chi connectivity index (χ0n) is 10.6. The highest BCUT2D eigenvalue weighted by Crippen LogP contribution is 2.29. The van der Waals surface area contributed by atoms with Gasteiger partial charge in [-0.2, -0.15) is 0 Å². The van der Waals surface area contributed by atoms with Crippen LogP contribution in [0.1, 0.15) is 4.88 Å². The van der Waals surface area contributed by atoms with Crippen LogP contribution in [0.3, 0.4) is 0 Å². The van der Waals surface area contributed by atoms with Crippen molar-refractivity contribution < 1.29 is 8.42 Å². The Bertz CT molecular complexity index is 840. The molecule has 0 saturated heterocycles. The van der Waals surface area contributed by atoms with E-state index in [-0.39, 0.29) is 10.6 Å². The van der Waals surface area contributed by atoms with Crippen LogP contribution in [0.25, 0.3) is 10.6 Å². The summed E-state index contributed by atoms with van der Waals surface area (Å²) in [5.74, 6) is -0.0309. The molecule has 8 heteroatoms. The molecule has 0 N–H and O–H groups in total. The summed E-state index contributed by atoms with van der Waals surface area (Å²) >= 11 is 8.46. The fraction of sp³-hybridized carbons (Fsp3) is 0.0769. The van der Waals surface area contributed by atoms with Gasteiger partial charge in [0.05, 0.1) is 15.5 Å². The lowest BCUT2D eigenvalue weighted by molar-refractivity contribution is 0.595. The summed E-state index contributed by atoms with van der Waals surface area (Å²) in [4.78, 5) is 1.97. The fourth-order valence-electron chi connectivity index (χ4n) is 1.78. The largest absolute Gasteiger partial charge is 0.223 e. The van der Waals surface area contributed by atoms with Gasteiger partial charge in [0, 0.05) is 15.3 Å². The number of rotatable bonds is 4. The van der Waals surface area contributed by atoms with E-state index in [2.05, 4.69) is 9.59 Å². The molecule has 3 rings (SSSR count). The maximum atomic E-state index is 12.3. The van der Waals surface area contributed by atoms with Crippen LogP contribution < -0.4 is 0 Å². The third-order valence-electron chi connectivity index (χ3n) is 2.78. The van der Waals surface area contributed by atoms with Crippen molar-refractivity contribution in [1.29, 1.82) is 0 Å². The lowest BCUT2D eigenvalue weighted by Gasteiger charge is -2.02. The first kappa shape index (κ1) is 14.6. The molecule has 0 spiro atoms. The van der Waals surface area contributed by atoms with E-state index in [1.165, 1.54) is 35.0 Å². The van der Waals surface area contributed by atoms with Gasteiger partial charge in [-0.1, -0.05) is 16.1 Å². The molecule has 0 saturated carbocycles. The maximum Gasteiger partial charge on any atom is 0.183 e. The Balaban J connectivity index is 1.84. The van der Waals surface area contributed by atoms with Crippen molar-refractivity contribution in [2.45, 2.75) is 10.6 Å². The summed E-state index contributed by atoms with van der Waals surface area (Å²) < 4.78 is 28.5. The van der Waals surface area contributed by atoms with Crippen LogP contribution in [0.2, 0.25) is 5.02 Å². The van der Waals surface area contributed by atoms with Gasteiger partial charge in [-0.3, -0.25) is 0 Å². The van der Waals surface area contributed by atoms with Crippen LogP contribution in [0.4, 0.5) is 0 Å². The molecule has 0 atom stereocenters. The quantitative estimate of drug-likeness (QED) is 0.711. The highest BCUT2D eigenvalue weighted by molar-refractivity contribution is 7.90. The Kier molecular flexibility index (Phi) is 4.08. The second-order valence-corrected chi connectivity index (χ2v) is 8.47. The van der Waals surface area contributed by atoms with Crippen LogP contribution in [0.5, 0.6) is 0 Å². The van der Waals surface area contributed by atoms with Gasteiger partial charge in [0.1, 0.15) is 5.69 Å². The predicted octanol–water partition coefficient (Wildman–Crippen LogP) is 3.89. The predicted molar refractivity (Wildman–Crippen MR) is 85.6 cm³/mol. The number of benzene rings is 1. The summed E-state index contributed by atoms with van der Waals surface area (Å²) in [5, 5.41) is 6.33. The van der Waals surface area contributed by atoms with E-state index in [1.807, 2.05) is 17.5 Å². The Hall–Kier alpha value is -1.28. The van der Waals surface area contributed by atoms with Gasteiger partial charge in [0.2, 0.25) is 0 Å². The molecule has 2 aromatic heterocycles. The Labute approximate surface area is 135 Å². The SMILES string of the molecule is O=S(=O)(Cc1ccc(-c2csnn2)s1)c1ccc(Cl)cc1. The van der Waals surface area contributed by atoms with Gasteiger partial charge < -0.3 is 0 Å². The molecule has 0 amide bonds. The molecule has 0 fully saturated rings. The zero-order chi connectivity index (χ0) is 14.9. The highest BCUT2D eigenvalue weighted by Gasteiger charge is 2.17. The second-order valence-electron chi connectivity index (χ2n) is 4.27. The second kappa shape index (κ2) is 5.84. The lowest BCUT2D eigenvalue weighted by atomic mass is 10.4. The van der Waals surface area contributed by atoms with Crippen molar-refractivity contribution in [3.63, 3.8) is 0 Å². The normalized spacial score (nSPS) is 11.7. The van der Waals surface area contributed by atoms with Gasteiger partial charge in [-0.15, -0.1) is 16.4 Å². The van der Waals surface area contributed by atoms with E-state index >= 15 is 0 Å². The first-order valence-corrected chi connectivity index (χ1v) is 9.57. The molecule has 21 heavy (non-hydrogen) atoms. The van der Waals surface area contributed by atoms with Gasteiger partial charge in [0.15, 0.2) is 9.84 Å². The maximum absolute atomic E-state index is 12.3. The Morgan fingerprint density at radius 2 is 1.86 bits per heavy atom. The zero-order valence-corrected chi connectivity index (χ0v) is 13.8. The van der Waals surface area contributed by atoms with Crippen molar-refractivity contribution in [1.82, 2.24) is 9.59 Å². The first-order chi connectivity index (χ1) is 10.0. The van der Waals surface area contributed by atoms with Crippen LogP contribution in [-0.4, -0.2) is 18.0 Å². The minimum absolute atomic E-state index is 0.0309. The van der Waals surface area contributed by atoms with Gasteiger partial charge in [-0.05, 0) is 47.9 Å². The topological polar surface area (TPSA) is 59.9 Å². The van der Waals surface area contributed by atoms with E-state index in [4.69, 9.17) is 11.6 Å². The van der Waals surface area contributed by atoms with Gasteiger partial charge in [0.25, 0.3) is 0 Å². The van der Waals surface area contributed by atoms with Gasteiger partial charge >= 0.3 is 0 Å². The number of sulfone groups is 1. The lowest BCUT2D eigenvalue weighted by Crippen LogP contribution is -2.03. The van der Waals surface area contributed by atoms with E-state index in [9.17, 15) is 8.42 Å². The molecule has 0 aliphatic rings. The Morgan fingerprint density at radius 3 is 2.52 bits per heavy atom. The number of hydrogen-bond acceptors (Lipinski definition) is 6. The average molecular weight is 357 g/mol. The fourth-order valence-corrected chi connectivity index (χ4v) is 5.08. The van der Waals surface area contributed by atoms with Crippen molar-refractivity contribution in [2.75, 3.05) is 0 Å². The molecule has 0 unspecified atom stereocenters. The summed E-state index contributed by atoms with van der Waals surface area (Å²) in [6.45, 7) is 0. The third-order valence-corrected chi connectivity index (χ3v) is 6.51. The van der Waals surface area contributed by atoms with Crippen molar-refractivity contribution in [2.24, 2.45) is 0 Å². The molecule has 0 bridgehead atoms. The van der Waals surface area contributed by atoms with Crippen LogP contribution in [0.15, 0.2) is 46.7 Å².